The largest absolute Gasteiger partial charge is 0.507 e. The van der Waals surface area contributed by atoms with Crippen LogP contribution in [0.4, 0.5) is 0 Å². The lowest BCUT2D eigenvalue weighted by atomic mass is 9.99. The average molecular weight is 356 g/mol. The zero-order valence-electron chi connectivity index (χ0n) is 13.3. The Hall–Kier alpha value is -2.17. The number of benzene rings is 1. The molecule has 0 aromatic heterocycles. The van der Waals surface area contributed by atoms with Crippen molar-refractivity contribution >= 4 is 12.0 Å². The van der Waals surface area contributed by atoms with Gasteiger partial charge in [0.2, 0.25) is 6.29 Å². The monoisotopic (exact) mass is 356 g/mol. The van der Waals surface area contributed by atoms with Gasteiger partial charge in [-0.25, -0.2) is 4.79 Å². The molecule has 138 valence electrons. The van der Waals surface area contributed by atoms with Gasteiger partial charge in [-0.15, -0.1) is 0 Å². The van der Waals surface area contributed by atoms with Crippen LogP contribution in [0.3, 0.4) is 0 Å². The number of ether oxygens (including phenoxy) is 3. The number of aromatic hydroxyl groups is 1. The van der Waals surface area contributed by atoms with Crippen LogP contribution in [0.15, 0.2) is 24.3 Å². The summed E-state index contributed by atoms with van der Waals surface area (Å²) >= 11 is 0. The zero-order valence-corrected chi connectivity index (χ0v) is 13.3. The van der Waals surface area contributed by atoms with Crippen molar-refractivity contribution in [1.82, 2.24) is 0 Å². The molecule has 5 N–H and O–H groups in total. The van der Waals surface area contributed by atoms with E-state index >= 15 is 0 Å². The molecule has 1 fully saturated rings. The molecule has 0 amide bonds. The number of phenolic OH excluding ortho intramolecular Hbond substituents is 1. The number of rotatable bonds is 5. The van der Waals surface area contributed by atoms with Gasteiger partial charge in [0.05, 0.1) is 13.7 Å². The molecule has 1 aliphatic rings. The third-order valence-corrected chi connectivity index (χ3v) is 3.72. The summed E-state index contributed by atoms with van der Waals surface area (Å²) in [6, 6.07) is 4.47. The molecule has 9 heteroatoms. The fourth-order valence-corrected chi connectivity index (χ4v) is 2.27. The molecule has 9 nitrogen and oxygen atoms in total. The minimum Gasteiger partial charge on any atom is -0.507 e. The average Bonchev–Trinajstić information content (AvgIpc) is 2.61. The van der Waals surface area contributed by atoms with Crippen molar-refractivity contribution in [3.8, 4) is 11.5 Å². The van der Waals surface area contributed by atoms with E-state index in [9.17, 15) is 25.2 Å². The number of hydrogen-bond donors (Lipinski definition) is 5. The first-order valence-electron chi connectivity index (χ1n) is 7.43. The van der Waals surface area contributed by atoms with Crippen molar-refractivity contribution < 1.29 is 44.5 Å². The lowest BCUT2D eigenvalue weighted by molar-refractivity contribution is -0.291. The van der Waals surface area contributed by atoms with E-state index in [0.717, 1.165) is 6.08 Å². The summed E-state index contributed by atoms with van der Waals surface area (Å²) in [7, 11) is 1.45. The molecule has 0 unspecified atom stereocenters. The fourth-order valence-electron chi connectivity index (χ4n) is 2.27. The summed E-state index contributed by atoms with van der Waals surface area (Å²) < 4.78 is 14.9. The first-order chi connectivity index (χ1) is 11.9. The van der Waals surface area contributed by atoms with Crippen LogP contribution in [0, 0.1) is 0 Å². The molecule has 1 aromatic rings. The number of methoxy groups -OCH3 is 1. The highest BCUT2D eigenvalue weighted by atomic mass is 16.7. The smallest absolute Gasteiger partial charge is 0.333 e. The Kier molecular flexibility index (Phi) is 6.34. The van der Waals surface area contributed by atoms with Gasteiger partial charge in [-0.05, 0) is 18.2 Å². The standard InChI is InChI=1S/C16H20O9/c1-23-9-4-2-8(10(18)6-9)3-5-12(19)25-16-15(22)14(21)13(20)11(7-17)24-16/h2-6,11,13-18,20-22H,7H2,1H3/t11-,13-,14+,15-,16+/m1/s1. The van der Waals surface area contributed by atoms with Crippen molar-refractivity contribution in [3.05, 3.63) is 29.8 Å². The summed E-state index contributed by atoms with van der Waals surface area (Å²) in [5.74, 6) is -0.589. The Morgan fingerprint density at radius 1 is 1.24 bits per heavy atom. The van der Waals surface area contributed by atoms with E-state index in [1.807, 2.05) is 0 Å². The minimum atomic E-state index is -1.68. The Bertz CT molecular complexity index is 628. The molecule has 1 saturated heterocycles. The molecule has 0 spiro atoms. The van der Waals surface area contributed by atoms with Crippen molar-refractivity contribution in [2.24, 2.45) is 0 Å². The second-order valence-electron chi connectivity index (χ2n) is 5.39. The summed E-state index contributed by atoms with van der Waals surface area (Å²) in [6.07, 6.45) is -5.32. The van der Waals surface area contributed by atoms with Crippen LogP contribution in [-0.4, -0.2) is 75.9 Å². The van der Waals surface area contributed by atoms with E-state index in [-0.39, 0.29) is 5.75 Å². The van der Waals surface area contributed by atoms with Crippen LogP contribution >= 0.6 is 0 Å². The molecule has 1 aliphatic heterocycles. The molecule has 1 heterocycles. The third-order valence-electron chi connectivity index (χ3n) is 3.72. The summed E-state index contributed by atoms with van der Waals surface area (Å²) in [4.78, 5) is 11.8. The highest BCUT2D eigenvalue weighted by Crippen LogP contribution is 2.25. The number of aliphatic hydroxyl groups is 4. The van der Waals surface area contributed by atoms with Crippen LogP contribution < -0.4 is 4.74 Å². The van der Waals surface area contributed by atoms with Crippen LogP contribution in [0.25, 0.3) is 6.08 Å². The molecule has 5 atom stereocenters. The number of carbonyl (C=O) groups is 1. The predicted molar refractivity (Wildman–Crippen MR) is 83.6 cm³/mol. The number of aliphatic hydroxyl groups excluding tert-OH is 4. The molecule has 2 rings (SSSR count). The van der Waals surface area contributed by atoms with Crippen molar-refractivity contribution in [2.45, 2.75) is 30.7 Å². The van der Waals surface area contributed by atoms with Gasteiger partial charge in [-0.3, -0.25) is 0 Å². The second-order valence-corrected chi connectivity index (χ2v) is 5.39. The van der Waals surface area contributed by atoms with Crippen LogP contribution in [0.2, 0.25) is 0 Å². The summed E-state index contributed by atoms with van der Waals surface area (Å²) in [5.41, 5.74) is 0.326. The van der Waals surface area contributed by atoms with Gasteiger partial charge >= 0.3 is 5.97 Å². The highest BCUT2D eigenvalue weighted by Gasteiger charge is 2.45. The lowest BCUT2D eigenvalue weighted by Crippen LogP contribution is -2.59. The third kappa shape index (κ3) is 4.47. The van der Waals surface area contributed by atoms with E-state index in [2.05, 4.69) is 0 Å². The maximum Gasteiger partial charge on any atom is 0.333 e. The SMILES string of the molecule is COc1ccc(C=CC(=O)O[C@@H]2O[C@H](CO)[C@@H](O)[C@H](O)[C@H]2O)c(O)c1. The van der Waals surface area contributed by atoms with Crippen LogP contribution in [0.1, 0.15) is 5.56 Å². The maximum absolute atomic E-state index is 11.8. The summed E-state index contributed by atoms with van der Waals surface area (Å²) in [6.45, 7) is -0.630. The van der Waals surface area contributed by atoms with E-state index in [1.165, 1.54) is 25.3 Å². The molecule has 0 saturated carbocycles. The first-order valence-corrected chi connectivity index (χ1v) is 7.43. The van der Waals surface area contributed by atoms with Crippen LogP contribution in [-0.2, 0) is 14.3 Å². The zero-order chi connectivity index (χ0) is 18.6. The molecular weight excluding hydrogens is 336 g/mol. The lowest BCUT2D eigenvalue weighted by Gasteiger charge is -2.38. The number of esters is 1. The van der Waals surface area contributed by atoms with Crippen molar-refractivity contribution in [3.63, 3.8) is 0 Å². The van der Waals surface area contributed by atoms with Crippen molar-refractivity contribution in [1.29, 1.82) is 0 Å². The topological polar surface area (TPSA) is 146 Å². The Morgan fingerprint density at radius 3 is 2.56 bits per heavy atom. The molecule has 0 aliphatic carbocycles. The minimum absolute atomic E-state index is 0.115. The van der Waals surface area contributed by atoms with E-state index in [1.54, 1.807) is 6.07 Å². The highest BCUT2D eigenvalue weighted by molar-refractivity contribution is 5.87. The number of carbonyl (C=O) groups excluding carboxylic acids is 1. The Labute approximate surface area is 143 Å². The van der Waals surface area contributed by atoms with E-state index in [4.69, 9.17) is 19.3 Å². The van der Waals surface area contributed by atoms with Crippen LogP contribution in [0.5, 0.6) is 11.5 Å². The molecular formula is C16H20O9. The second kappa shape index (κ2) is 8.28. The predicted octanol–water partition coefficient (Wildman–Crippen LogP) is -1.24. The van der Waals surface area contributed by atoms with Gasteiger partial charge < -0.3 is 39.7 Å². The quantitative estimate of drug-likeness (QED) is 0.323. The molecule has 0 bridgehead atoms. The summed E-state index contributed by atoms with van der Waals surface area (Å²) in [5, 5.41) is 47.9. The molecule has 25 heavy (non-hydrogen) atoms. The van der Waals surface area contributed by atoms with Crippen molar-refractivity contribution in [2.75, 3.05) is 13.7 Å². The Morgan fingerprint density at radius 2 is 1.96 bits per heavy atom. The van der Waals surface area contributed by atoms with Gasteiger partial charge in [-0.2, -0.15) is 0 Å². The molecule has 1 aromatic carbocycles. The fraction of sp³-hybridized carbons (Fsp3) is 0.438. The van der Waals surface area contributed by atoms with Gasteiger partial charge in [0.25, 0.3) is 0 Å². The number of hydrogen-bond acceptors (Lipinski definition) is 9. The van der Waals surface area contributed by atoms with Gasteiger partial charge in [0.1, 0.15) is 35.9 Å². The molecule has 0 radical (unpaired) electrons. The maximum atomic E-state index is 11.8. The van der Waals surface area contributed by atoms with E-state index in [0.29, 0.717) is 11.3 Å². The first kappa shape index (κ1) is 19.2. The normalized spacial score (nSPS) is 29.6. The number of phenols is 1. The van der Waals surface area contributed by atoms with Gasteiger partial charge in [0, 0.05) is 17.7 Å². The Balaban J connectivity index is 2.01. The van der Waals surface area contributed by atoms with Gasteiger partial charge in [-0.1, -0.05) is 0 Å². The van der Waals surface area contributed by atoms with E-state index < -0.39 is 43.3 Å². The van der Waals surface area contributed by atoms with Gasteiger partial charge in [0.15, 0.2) is 0 Å².